The minimum absolute atomic E-state index is 0.138. The van der Waals surface area contributed by atoms with Crippen molar-refractivity contribution in [2.24, 2.45) is 0 Å². The van der Waals surface area contributed by atoms with E-state index in [9.17, 15) is 14.7 Å². The second kappa shape index (κ2) is 7.53. The highest BCUT2D eigenvalue weighted by molar-refractivity contribution is 5.82. The second-order valence-corrected chi connectivity index (χ2v) is 4.41. The fourth-order valence-corrected chi connectivity index (χ4v) is 1.85. The van der Waals surface area contributed by atoms with Crippen LogP contribution < -0.4 is 5.32 Å². The maximum Gasteiger partial charge on any atom is 0.305 e. The summed E-state index contributed by atoms with van der Waals surface area (Å²) >= 11 is 0. The van der Waals surface area contributed by atoms with E-state index in [-0.39, 0.29) is 6.42 Å². The van der Waals surface area contributed by atoms with Crippen LogP contribution in [0.4, 0.5) is 0 Å². The lowest BCUT2D eigenvalue weighted by molar-refractivity contribution is -0.138. The lowest BCUT2D eigenvalue weighted by Gasteiger charge is -2.18. The molecule has 0 aliphatic carbocycles. The predicted molar refractivity (Wildman–Crippen MR) is 70.5 cm³/mol. The van der Waals surface area contributed by atoms with Crippen LogP contribution >= 0.6 is 0 Å². The number of amides is 1. The number of aliphatic hydroxyl groups excluding tert-OH is 1. The first kappa shape index (κ1) is 15.2. The Morgan fingerprint density at radius 3 is 2.42 bits per heavy atom. The number of rotatable bonds is 7. The lowest BCUT2D eigenvalue weighted by atomic mass is 10.1. The van der Waals surface area contributed by atoms with Crippen molar-refractivity contribution in [2.75, 3.05) is 0 Å². The van der Waals surface area contributed by atoms with E-state index in [4.69, 9.17) is 5.11 Å². The number of carboxylic acids is 1. The van der Waals surface area contributed by atoms with Crippen molar-refractivity contribution in [2.45, 2.75) is 38.3 Å². The van der Waals surface area contributed by atoms with Crippen LogP contribution in [-0.2, 0) is 9.59 Å². The van der Waals surface area contributed by atoms with Gasteiger partial charge in [-0.2, -0.15) is 0 Å². The highest BCUT2D eigenvalue weighted by Crippen LogP contribution is 2.13. The molecule has 0 radical (unpaired) electrons. The van der Waals surface area contributed by atoms with Gasteiger partial charge in [0.05, 0.1) is 6.42 Å². The molecule has 2 unspecified atom stereocenters. The summed E-state index contributed by atoms with van der Waals surface area (Å²) in [5.41, 5.74) is 0.491. The van der Waals surface area contributed by atoms with Gasteiger partial charge in [-0.1, -0.05) is 43.7 Å². The van der Waals surface area contributed by atoms with Crippen molar-refractivity contribution in [3.63, 3.8) is 0 Å². The van der Waals surface area contributed by atoms with Gasteiger partial charge in [0, 0.05) is 6.04 Å². The van der Waals surface area contributed by atoms with Crippen LogP contribution in [0, 0.1) is 0 Å². The molecule has 0 aliphatic rings. The van der Waals surface area contributed by atoms with Crippen LogP contribution in [0.3, 0.4) is 0 Å². The molecule has 3 N–H and O–H groups in total. The first-order chi connectivity index (χ1) is 9.04. The Labute approximate surface area is 112 Å². The lowest BCUT2D eigenvalue weighted by Crippen LogP contribution is -2.39. The summed E-state index contributed by atoms with van der Waals surface area (Å²) in [6, 6.07) is 8.10. The molecular formula is C14H19NO4. The van der Waals surface area contributed by atoms with Gasteiger partial charge in [0.2, 0.25) is 0 Å². The van der Waals surface area contributed by atoms with E-state index in [1.165, 1.54) is 0 Å². The number of carbonyl (C=O) groups is 2. The highest BCUT2D eigenvalue weighted by atomic mass is 16.4. The van der Waals surface area contributed by atoms with E-state index in [1.807, 2.05) is 6.92 Å². The molecule has 0 saturated heterocycles. The molecule has 0 heterocycles. The largest absolute Gasteiger partial charge is 0.481 e. The Morgan fingerprint density at radius 1 is 1.26 bits per heavy atom. The Kier molecular flexibility index (Phi) is 6.02. The van der Waals surface area contributed by atoms with Gasteiger partial charge in [-0.3, -0.25) is 9.59 Å². The summed E-state index contributed by atoms with van der Waals surface area (Å²) < 4.78 is 0. The van der Waals surface area contributed by atoms with Crippen molar-refractivity contribution >= 4 is 11.9 Å². The molecule has 1 aromatic rings. The van der Waals surface area contributed by atoms with Gasteiger partial charge in [-0.25, -0.2) is 0 Å². The summed E-state index contributed by atoms with van der Waals surface area (Å²) in [5, 5.41) is 21.2. The average Bonchev–Trinajstić information content (AvgIpc) is 2.38. The number of aliphatic carboxylic acids is 1. The van der Waals surface area contributed by atoms with Crippen molar-refractivity contribution < 1.29 is 19.8 Å². The number of hydrogen-bond acceptors (Lipinski definition) is 3. The molecule has 0 fully saturated rings. The third kappa shape index (κ3) is 5.09. The first-order valence-corrected chi connectivity index (χ1v) is 6.29. The van der Waals surface area contributed by atoms with Crippen LogP contribution in [0.15, 0.2) is 30.3 Å². The molecule has 0 aliphatic heterocycles. The predicted octanol–water partition coefficient (Wildman–Crippen LogP) is 1.48. The second-order valence-electron chi connectivity index (χ2n) is 4.41. The molecule has 1 aromatic carbocycles. The Balaban J connectivity index is 2.63. The Hall–Kier alpha value is -1.88. The van der Waals surface area contributed by atoms with Gasteiger partial charge >= 0.3 is 5.97 Å². The maximum atomic E-state index is 11.9. The fraction of sp³-hybridized carbons (Fsp3) is 0.429. The summed E-state index contributed by atoms with van der Waals surface area (Å²) in [5.74, 6) is -1.53. The molecule has 1 rings (SSSR count). The number of benzene rings is 1. The molecule has 5 heteroatoms. The van der Waals surface area contributed by atoms with Gasteiger partial charge in [0.25, 0.3) is 5.91 Å². The van der Waals surface area contributed by atoms with E-state index >= 15 is 0 Å². The molecule has 0 aromatic heterocycles. The molecule has 0 saturated carbocycles. The van der Waals surface area contributed by atoms with E-state index in [2.05, 4.69) is 5.32 Å². The Morgan fingerprint density at radius 2 is 1.89 bits per heavy atom. The molecule has 1 amide bonds. The van der Waals surface area contributed by atoms with Gasteiger partial charge in [-0.15, -0.1) is 0 Å². The van der Waals surface area contributed by atoms with Crippen LogP contribution in [0.25, 0.3) is 0 Å². The molecule has 19 heavy (non-hydrogen) atoms. The first-order valence-electron chi connectivity index (χ1n) is 6.29. The minimum atomic E-state index is -1.27. The zero-order valence-corrected chi connectivity index (χ0v) is 10.9. The maximum absolute atomic E-state index is 11.9. The molecular weight excluding hydrogens is 246 g/mol. The SMILES string of the molecule is CCCC(CC(=O)O)NC(=O)C(O)c1ccccc1. The molecule has 2 atom stereocenters. The third-order valence-corrected chi connectivity index (χ3v) is 2.77. The zero-order valence-electron chi connectivity index (χ0n) is 10.9. The van der Waals surface area contributed by atoms with Crippen LogP contribution in [0.5, 0.6) is 0 Å². The zero-order chi connectivity index (χ0) is 14.3. The van der Waals surface area contributed by atoms with Gasteiger partial charge in [0.1, 0.15) is 0 Å². The monoisotopic (exact) mass is 265 g/mol. The number of carboxylic acid groups (broad SMARTS) is 1. The molecule has 104 valence electrons. The van der Waals surface area contributed by atoms with E-state index in [1.54, 1.807) is 30.3 Å². The van der Waals surface area contributed by atoms with Gasteiger partial charge in [-0.05, 0) is 12.0 Å². The smallest absolute Gasteiger partial charge is 0.305 e. The van der Waals surface area contributed by atoms with Crippen LogP contribution in [-0.4, -0.2) is 28.1 Å². The summed E-state index contributed by atoms with van der Waals surface area (Å²) in [6.07, 6.45) is -0.0744. The van der Waals surface area contributed by atoms with E-state index in [0.717, 1.165) is 6.42 Å². The quantitative estimate of drug-likeness (QED) is 0.697. The van der Waals surface area contributed by atoms with Crippen molar-refractivity contribution in [3.8, 4) is 0 Å². The molecule has 0 bridgehead atoms. The molecule has 0 spiro atoms. The topological polar surface area (TPSA) is 86.6 Å². The van der Waals surface area contributed by atoms with Crippen molar-refractivity contribution in [1.29, 1.82) is 0 Å². The molecule has 5 nitrogen and oxygen atoms in total. The number of aliphatic hydroxyl groups is 1. The summed E-state index contributed by atoms with van der Waals surface area (Å²) in [6.45, 7) is 1.91. The van der Waals surface area contributed by atoms with Crippen LogP contribution in [0.2, 0.25) is 0 Å². The number of hydrogen-bond donors (Lipinski definition) is 3. The summed E-state index contributed by atoms with van der Waals surface area (Å²) in [7, 11) is 0. The van der Waals surface area contributed by atoms with Gasteiger partial charge < -0.3 is 15.5 Å². The van der Waals surface area contributed by atoms with Gasteiger partial charge in [0.15, 0.2) is 6.10 Å². The average molecular weight is 265 g/mol. The summed E-state index contributed by atoms with van der Waals surface area (Å²) in [4.78, 5) is 22.5. The fourth-order valence-electron chi connectivity index (χ4n) is 1.85. The highest BCUT2D eigenvalue weighted by Gasteiger charge is 2.21. The third-order valence-electron chi connectivity index (χ3n) is 2.77. The van der Waals surface area contributed by atoms with Crippen molar-refractivity contribution in [1.82, 2.24) is 5.32 Å². The minimum Gasteiger partial charge on any atom is -0.481 e. The normalized spacial score (nSPS) is 13.6. The number of nitrogens with one attached hydrogen (secondary N) is 1. The van der Waals surface area contributed by atoms with E-state index < -0.39 is 24.0 Å². The number of carbonyl (C=O) groups excluding carboxylic acids is 1. The van der Waals surface area contributed by atoms with Crippen LogP contribution in [0.1, 0.15) is 37.9 Å². The standard InChI is InChI=1S/C14H19NO4/c1-2-6-11(9-12(16)17)15-14(19)13(18)10-7-4-3-5-8-10/h3-5,7-8,11,13,18H,2,6,9H2,1H3,(H,15,19)(H,16,17). The Bertz CT molecular complexity index is 419. The van der Waals surface area contributed by atoms with Crippen molar-refractivity contribution in [3.05, 3.63) is 35.9 Å². The van der Waals surface area contributed by atoms with E-state index in [0.29, 0.717) is 12.0 Å².